The zero-order valence-corrected chi connectivity index (χ0v) is 15.1. The summed E-state index contributed by atoms with van der Waals surface area (Å²) in [6.45, 7) is 3.57. The number of piperidine rings is 1. The molecule has 1 aliphatic heterocycles. The van der Waals surface area contributed by atoms with Crippen molar-refractivity contribution in [1.29, 1.82) is 0 Å². The highest BCUT2D eigenvalue weighted by molar-refractivity contribution is 5.77. The first-order valence-corrected chi connectivity index (χ1v) is 9.14. The molecular formula is C21H26FN3O. The van der Waals surface area contributed by atoms with Gasteiger partial charge in [0.25, 0.3) is 0 Å². The van der Waals surface area contributed by atoms with Gasteiger partial charge in [0, 0.05) is 37.3 Å². The lowest BCUT2D eigenvalue weighted by atomic mass is 10.0. The monoisotopic (exact) mass is 355 g/mol. The number of carbonyl (C=O) groups excluding carboxylic acids is 1. The van der Waals surface area contributed by atoms with Crippen LogP contribution in [0.25, 0.3) is 0 Å². The number of aryl methyl sites for hydroxylation is 1. The minimum Gasteiger partial charge on any atom is -0.369 e. The number of anilines is 1. The Balaban J connectivity index is 1.57. The highest BCUT2D eigenvalue weighted by atomic mass is 19.1. The summed E-state index contributed by atoms with van der Waals surface area (Å²) < 4.78 is 13.3. The van der Waals surface area contributed by atoms with Gasteiger partial charge in [0.1, 0.15) is 5.82 Å². The summed E-state index contributed by atoms with van der Waals surface area (Å²) in [5.74, 6) is -0.243. The molecule has 0 unspecified atom stereocenters. The Morgan fingerprint density at radius 1 is 1.31 bits per heavy atom. The molecule has 0 bridgehead atoms. The molecule has 1 heterocycles. The molecule has 5 heteroatoms. The zero-order valence-electron chi connectivity index (χ0n) is 15.1. The molecule has 1 saturated heterocycles. The molecule has 2 aromatic rings. The fourth-order valence-corrected chi connectivity index (χ4v) is 3.59. The zero-order chi connectivity index (χ0) is 18.5. The molecule has 1 aliphatic rings. The van der Waals surface area contributed by atoms with Gasteiger partial charge in [-0.1, -0.05) is 30.3 Å². The lowest BCUT2D eigenvalue weighted by Gasteiger charge is -2.35. The molecule has 1 fully saturated rings. The Kier molecular flexibility index (Phi) is 5.89. The van der Waals surface area contributed by atoms with E-state index in [1.54, 1.807) is 6.07 Å². The smallest absolute Gasteiger partial charge is 0.222 e. The van der Waals surface area contributed by atoms with Crippen molar-refractivity contribution >= 4 is 11.6 Å². The number of nitrogens with two attached hydrogens (primary N) is 1. The summed E-state index contributed by atoms with van der Waals surface area (Å²) in [4.78, 5) is 14.6. The van der Waals surface area contributed by atoms with Crippen LogP contribution < -0.4 is 16.0 Å². The normalized spacial score (nSPS) is 18.4. The summed E-state index contributed by atoms with van der Waals surface area (Å²) in [5.41, 5.74) is 9.07. The maximum absolute atomic E-state index is 13.3. The molecule has 138 valence electrons. The molecule has 0 saturated carbocycles. The van der Waals surface area contributed by atoms with Crippen molar-refractivity contribution in [3.05, 3.63) is 65.5 Å². The maximum atomic E-state index is 13.3. The number of amides is 1. The maximum Gasteiger partial charge on any atom is 0.222 e. The van der Waals surface area contributed by atoms with E-state index >= 15 is 0 Å². The quantitative estimate of drug-likeness (QED) is 0.865. The second-order valence-corrected chi connectivity index (χ2v) is 7.00. The molecule has 3 rings (SSSR count). The highest BCUT2D eigenvalue weighted by Gasteiger charge is 2.23. The second-order valence-electron chi connectivity index (χ2n) is 7.00. The largest absolute Gasteiger partial charge is 0.369 e. The Labute approximate surface area is 154 Å². The lowest BCUT2D eigenvalue weighted by molar-refractivity contribution is -0.122. The van der Waals surface area contributed by atoms with Crippen molar-refractivity contribution < 1.29 is 9.18 Å². The predicted molar refractivity (Wildman–Crippen MR) is 103 cm³/mol. The van der Waals surface area contributed by atoms with Crippen molar-refractivity contribution in [3.8, 4) is 0 Å². The van der Waals surface area contributed by atoms with Crippen LogP contribution in [0.1, 0.15) is 36.4 Å². The van der Waals surface area contributed by atoms with Crippen LogP contribution in [0.4, 0.5) is 10.1 Å². The average Bonchev–Trinajstić information content (AvgIpc) is 2.62. The van der Waals surface area contributed by atoms with E-state index in [0.29, 0.717) is 0 Å². The van der Waals surface area contributed by atoms with E-state index in [0.717, 1.165) is 42.7 Å². The molecule has 2 atom stereocenters. The number of rotatable bonds is 5. The second kappa shape index (κ2) is 8.32. The first-order valence-electron chi connectivity index (χ1n) is 9.14. The fourth-order valence-electron chi connectivity index (χ4n) is 3.59. The molecule has 2 aromatic carbocycles. The van der Waals surface area contributed by atoms with Crippen molar-refractivity contribution in [1.82, 2.24) is 5.32 Å². The van der Waals surface area contributed by atoms with E-state index in [2.05, 4.69) is 10.2 Å². The molecule has 3 N–H and O–H groups in total. The molecule has 26 heavy (non-hydrogen) atoms. The number of hydrogen-bond donors (Lipinski definition) is 2. The van der Waals surface area contributed by atoms with Crippen molar-refractivity contribution in [2.45, 2.75) is 38.3 Å². The standard InChI is InChI=1S/C21H26FN3O/c1-15-12-17(22)9-10-20(15)25-11-5-8-18(14-25)24-21(26)13-19(23)16-6-3-2-4-7-16/h2-4,6-7,9-10,12,18-19H,5,8,11,13-14,23H2,1H3,(H,24,26)/t18-,19-/m0/s1. The van der Waals surface area contributed by atoms with Crippen LogP contribution in [-0.2, 0) is 4.79 Å². The fraction of sp³-hybridized carbons (Fsp3) is 0.381. The third-order valence-electron chi connectivity index (χ3n) is 4.92. The Hall–Kier alpha value is -2.40. The summed E-state index contributed by atoms with van der Waals surface area (Å²) in [5, 5.41) is 3.12. The van der Waals surface area contributed by atoms with E-state index in [-0.39, 0.29) is 30.2 Å². The van der Waals surface area contributed by atoms with Crippen LogP contribution >= 0.6 is 0 Å². The summed E-state index contributed by atoms with van der Waals surface area (Å²) in [6, 6.07) is 14.3. The first-order chi connectivity index (χ1) is 12.5. The van der Waals surface area contributed by atoms with Gasteiger partial charge in [-0.25, -0.2) is 4.39 Å². The van der Waals surface area contributed by atoms with Crippen molar-refractivity contribution in [2.24, 2.45) is 5.73 Å². The van der Waals surface area contributed by atoms with Crippen LogP contribution in [0.15, 0.2) is 48.5 Å². The van der Waals surface area contributed by atoms with Crippen LogP contribution in [0.5, 0.6) is 0 Å². The van der Waals surface area contributed by atoms with Gasteiger partial charge < -0.3 is 16.0 Å². The van der Waals surface area contributed by atoms with Crippen molar-refractivity contribution in [3.63, 3.8) is 0 Å². The van der Waals surface area contributed by atoms with Gasteiger partial charge in [0.15, 0.2) is 0 Å². The van der Waals surface area contributed by atoms with Gasteiger partial charge >= 0.3 is 0 Å². The van der Waals surface area contributed by atoms with Gasteiger partial charge in [-0.2, -0.15) is 0 Å². The molecular weight excluding hydrogens is 329 g/mol. The number of benzene rings is 2. The minimum atomic E-state index is -0.296. The van der Waals surface area contributed by atoms with Gasteiger partial charge in [-0.15, -0.1) is 0 Å². The van der Waals surface area contributed by atoms with E-state index < -0.39 is 0 Å². The SMILES string of the molecule is Cc1cc(F)ccc1N1CCC[C@H](NC(=O)C[C@H](N)c2ccccc2)C1. The average molecular weight is 355 g/mol. The summed E-state index contributed by atoms with van der Waals surface area (Å²) in [6.07, 6.45) is 2.21. The minimum absolute atomic E-state index is 0.0240. The van der Waals surface area contributed by atoms with E-state index in [4.69, 9.17) is 5.73 Å². The van der Waals surface area contributed by atoms with Crippen molar-refractivity contribution in [2.75, 3.05) is 18.0 Å². The van der Waals surface area contributed by atoms with Crippen LogP contribution in [0, 0.1) is 12.7 Å². The molecule has 0 aromatic heterocycles. The van der Waals surface area contributed by atoms with Gasteiger partial charge in [0.2, 0.25) is 5.91 Å². The van der Waals surface area contributed by atoms with Crippen LogP contribution in [0.3, 0.4) is 0 Å². The third kappa shape index (κ3) is 4.61. The Bertz CT molecular complexity index is 750. The number of nitrogens with zero attached hydrogens (tertiary/aromatic N) is 1. The molecule has 0 spiro atoms. The highest BCUT2D eigenvalue weighted by Crippen LogP contribution is 2.24. The molecule has 0 radical (unpaired) electrons. The number of hydrogen-bond acceptors (Lipinski definition) is 3. The van der Waals surface area contributed by atoms with Gasteiger partial charge in [0.05, 0.1) is 0 Å². The molecule has 4 nitrogen and oxygen atoms in total. The molecule has 1 amide bonds. The predicted octanol–water partition coefficient (Wildman–Crippen LogP) is 3.31. The lowest BCUT2D eigenvalue weighted by Crippen LogP contribution is -2.48. The van der Waals surface area contributed by atoms with E-state index in [1.165, 1.54) is 6.07 Å². The first kappa shape index (κ1) is 18.4. The van der Waals surface area contributed by atoms with Gasteiger partial charge in [-0.05, 0) is 49.1 Å². The van der Waals surface area contributed by atoms with Crippen LogP contribution in [-0.4, -0.2) is 25.0 Å². The van der Waals surface area contributed by atoms with Gasteiger partial charge in [-0.3, -0.25) is 4.79 Å². The Morgan fingerprint density at radius 3 is 2.81 bits per heavy atom. The van der Waals surface area contributed by atoms with E-state index in [1.807, 2.05) is 43.3 Å². The summed E-state index contributed by atoms with van der Waals surface area (Å²) in [7, 11) is 0. The Morgan fingerprint density at radius 2 is 2.08 bits per heavy atom. The van der Waals surface area contributed by atoms with Crippen LogP contribution in [0.2, 0.25) is 0 Å². The summed E-state index contributed by atoms with van der Waals surface area (Å²) >= 11 is 0. The number of carbonyl (C=O) groups is 1. The topological polar surface area (TPSA) is 58.4 Å². The number of nitrogens with one attached hydrogen (secondary N) is 1. The number of halogens is 1. The van der Waals surface area contributed by atoms with E-state index in [9.17, 15) is 9.18 Å². The third-order valence-corrected chi connectivity index (χ3v) is 4.92. The molecule has 0 aliphatic carbocycles.